The first-order chi connectivity index (χ1) is 44.8. The fourth-order valence-electron chi connectivity index (χ4n) is 10.8. The van der Waals surface area contributed by atoms with Gasteiger partial charge in [-0.05, 0) is 89.9 Å². The maximum Gasteiger partial charge on any atom is 0.472 e. The van der Waals surface area contributed by atoms with E-state index in [1.807, 2.05) is 0 Å². The van der Waals surface area contributed by atoms with Crippen molar-refractivity contribution in [3.63, 3.8) is 0 Å². The van der Waals surface area contributed by atoms with E-state index >= 15 is 0 Å². The maximum absolute atomic E-state index is 12.8. The number of ether oxygens (including phenoxy) is 2. The summed E-state index contributed by atoms with van der Waals surface area (Å²) in [6.45, 7) is 3.65. The predicted octanol–water partition coefficient (Wildman–Crippen LogP) is 25.4. The molecule has 0 heterocycles. The summed E-state index contributed by atoms with van der Waals surface area (Å²) in [5.74, 6) is -0.838. The molecule has 3 N–H and O–H groups in total. The summed E-state index contributed by atoms with van der Waals surface area (Å²) in [6, 6.07) is 0. The van der Waals surface area contributed by atoms with Crippen LogP contribution in [0.4, 0.5) is 0 Å². The van der Waals surface area contributed by atoms with Crippen molar-refractivity contribution in [1.29, 1.82) is 0 Å². The third-order valence-electron chi connectivity index (χ3n) is 16.4. The molecule has 0 aromatic rings. The highest BCUT2D eigenvalue weighted by Crippen LogP contribution is 2.43. The molecule has 2 atom stereocenters. The minimum atomic E-state index is -4.41. The monoisotopic (exact) mass is 1290 g/mol. The first-order valence-corrected chi connectivity index (χ1v) is 39.5. The Labute approximate surface area is 561 Å². The molecule has 0 saturated carbocycles. The molecule has 0 aliphatic rings. The first-order valence-electron chi connectivity index (χ1n) is 38.0. The number of esters is 2. The molecule has 524 valence electrons. The minimum Gasteiger partial charge on any atom is -0.462 e. The highest BCUT2D eigenvalue weighted by Gasteiger charge is 2.26. The van der Waals surface area contributed by atoms with Gasteiger partial charge in [0.05, 0.1) is 13.2 Å². The summed E-state index contributed by atoms with van der Waals surface area (Å²) in [7, 11) is -4.41. The van der Waals surface area contributed by atoms with Gasteiger partial charge in [0.15, 0.2) is 6.10 Å². The van der Waals surface area contributed by atoms with Crippen molar-refractivity contribution in [2.75, 3.05) is 26.4 Å². The van der Waals surface area contributed by atoms with Crippen LogP contribution in [0.5, 0.6) is 0 Å². The van der Waals surface area contributed by atoms with Crippen molar-refractivity contribution in [1.82, 2.24) is 0 Å². The van der Waals surface area contributed by atoms with E-state index in [4.69, 9.17) is 24.3 Å². The second-order valence-corrected chi connectivity index (χ2v) is 26.6. The first kappa shape index (κ1) is 87.4. The second kappa shape index (κ2) is 75.4. The van der Waals surface area contributed by atoms with Gasteiger partial charge in [-0.1, -0.05) is 367 Å². The van der Waals surface area contributed by atoms with Crippen LogP contribution in [0.25, 0.3) is 0 Å². The van der Waals surface area contributed by atoms with Crippen LogP contribution < -0.4 is 5.73 Å². The molecule has 0 bridgehead atoms. The fraction of sp³-hybridized carbons (Fsp3) is 0.728. The second-order valence-electron chi connectivity index (χ2n) is 25.1. The van der Waals surface area contributed by atoms with Crippen LogP contribution >= 0.6 is 7.82 Å². The lowest BCUT2D eigenvalue weighted by molar-refractivity contribution is -0.161. The zero-order chi connectivity index (χ0) is 65.8. The van der Waals surface area contributed by atoms with Gasteiger partial charge >= 0.3 is 19.8 Å². The zero-order valence-electron chi connectivity index (χ0n) is 59.1. The van der Waals surface area contributed by atoms with Gasteiger partial charge in [-0.3, -0.25) is 18.6 Å². The molecule has 10 heteroatoms. The van der Waals surface area contributed by atoms with E-state index in [1.54, 1.807) is 0 Å². The maximum atomic E-state index is 12.8. The van der Waals surface area contributed by atoms with Crippen molar-refractivity contribution < 1.29 is 37.6 Å². The Bertz CT molecular complexity index is 1910. The summed E-state index contributed by atoms with van der Waals surface area (Å²) >= 11 is 0. The molecule has 0 spiro atoms. The highest BCUT2D eigenvalue weighted by molar-refractivity contribution is 7.47. The van der Waals surface area contributed by atoms with Crippen LogP contribution in [-0.4, -0.2) is 49.3 Å². The lowest BCUT2D eigenvalue weighted by Gasteiger charge is -2.19. The van der Waals surface area contributed by atoms with Crippen LogP contribution in [0.3, 0.4) is 0 Å². The molecular weight excluding hydrogens is 1150 g/mol. The third kappa shape index (κ3) is 75.3. The smallest absolute Gasteiger partial charge is 0.462 e. The predicted molar refractivity (Wildman–Crippen MR) is 394 cm³/mol. The number of allylic oxidation sites excluding steroid dienone is 20. The van der Waals surface area contributed by atoms with Crippen molar-refractivity contribution in [3.8, 4) is 0 Å². The Morgan fingerprint density at radius 1 is 0.341 bits per heavy atom. The average Bonchev–Trinajstić information content (AvgIpc) is 3.74. The molecular formula is C81H142NO8P. The SMILES string of the molecule is CC/C=C\C/C=C\C/C=C\C/C=C\C/C=C\C/C=C\C/C=C\C/C=C\C/C=C\C/C=C\CCCCCCCCC(=O)OC(COC(=O)CCCCCCCCCCCCCCCCCCCCCCCCCCCCCCCCCCC)COP(=O)(O)OCCN. The largest absolute Gasteiger partial charge is 0.472 e. The molecule has 0 aromatic carbocycles. The van der Waals surface area contributed by atoms with Gasteiger partial charge in [0, 0.05) is 19.4 Å². The molecule has 9 nitrogen and oxygen atoms in total. The zero-order valence-corrected chi connectivity index (χ0v) is 59.9. The van der Waals surface area contributed by atoms with Gasteiger partial charge in [-0.2, -0.15) is 0 Å². The van der Waals surface area contributed by atoms with E-state index in [0.717, 1.165) is 122 Å². The van der Waals surface area contributed by atoms with E-state index < -0.39 is 26.5 Å². The molecule has 0 aliphatic carbocycles. The molecule has 0 rings (SSSR count). The van der Waals surface area contributed by atoms with Gasteiger partial charge in [-0.15, -0.1) is 0 Å². The van der Waals surface area contributed by atoms with Crippen LogP contribution in [0.2, 0.25) is 0 Å². The number of hydrogen-bond donors (Lipinski definition) is 2. The molecule has 0 aliphatic heterocycles. The Morgan fingerprint density at radius 3 is 0.901 bits per heavy atom. The lowest BCUT2D eigenvalue weighted by Crippen LogP contribution is -2.29. The Hall–Kier alpha value is -3.59. The van der Waals surface area contributed by atoms with Crippen molar-refractivity contribution in [3.05, 3.63) is 122 Å². The minimum absolute atomic E-state index is 0.0465. The van der Waals surface area contributed by atoms with Gasteiger partial charge in [0.2, 0.25) is 0 Å². The van der Waals surface area contributed by atoms with E-state index in [2.05, 4.69) is 135 Å². The molecule has 0 amide bonds. The molecule has 91 heavy (non-hydrogen) atoms. The van der Waals surface area contributed by atoms with E-state index in [-0.39, 0.29) is 38.6 Å². The van der Waals surface area contributed by atoms with Crippen LogP contribution in [0.1, 0.15) is 348 Å². The summed E-state index contributed by atoms with van der Waals surface area (Å²) < 4.78 is 33.2. The van der Waals surface area contributed by atoms with Crippen LogP contribution in [-0.2, 0) is 32.7 Å². The average molecular weight is 1290 g/mol. The highest BCUT2D eigenvalue weighted by atomic mass is 31.2. The number of rotatable bonds is 71. The van der Waals surface area contributed by atoms with Crippen molar-refractivity contribution >= 4 is 19.8 Å². The molecule has 0 radical (unpaired) electrons. The molecule has 0 fully saturated rings. The quantitative estimate of drug-likeness (QED) is 0.0264. The third-order valence-corrected chi connectivity index (χ3v) is 17.3. The summed E-state index contributed by atoms with van der Waals surface area (Å²) in [6.07, 6.45) is 106. The van der Waals surface area contributed by atoms with Crippen molar-refractivity contribution in [2.24, 2.45) is 5.73 Å². The summed E-state index contributed by atoms with van der Waals surface area (Å²) in [5, 5.41) is 0. The number of phosphoric ester groups is 1. The van der Waals surface area contributed by atoms with E-state index in [1.165, 1.54) is 193 Å². The fourth-order valence-corrected chi connectivity index (χ4v) is 11.6. The lowest BCUT2D eigenvalue weighted by atomic mass is 10.0. The number of hydrogen-bond acceptors (Lipinski definition) is 8. The summed E-state index contributed by atoms with van der Waals surface area (Å²) in [4.78, 5) is 35.4. The Kier molecular flexibility index (Phi) is 72.5. The summed E-state index contributed by atoms with van der Waals surface area (Å²) in [5.41, 5.74) is 5.41. The van der Waals surface area contributed by atoms with E-state index in [9.17, 15) is 19.0 Å². The number of nitrogens with two attached hydrogens (primary N) is 1. The standard InChI is InChI=1S/C81H142NO8P/c1-3-5-7-9-11-13-15-17-19-21-23-25-27-29-31-33-35-37-38-39-40-42-44-46-48-50-52-54-56-58-60-62-64-66-68-70-72-74-81(84)90-79(78-89-91(85,86)88-76-75-82)77-87-80(83)73-71-69-67-65-63-61-59-57-55-53-51-49-47-45-43-41-36-34-32-30-28-26-24-22-20-18-16-14-12-10-8-6-4-2/h5,7,11,13,17,19,23,25,29,31,35,37,39-40,44,46,50,52,56,58,79H,3-4,6,8-10,12,14-16,18,20-22,24,26-28,30,32-34,36,38,41-43,45,47-49,51,53-55,57,59-78,82H2,1-2H3,(H,85,86)/b7-5-,13-11-,19-17-,25-23-,31-29-,37-35-,40-39-,46-44-,52-50-,58-56-. The molecule has 0 saturated heterocycles. The van der Waals surface area contributed by atoms with Gasteiger partial charge in [0.25, 0.3) is 0 Å². The van der Waals surface area contributed by atoms with Gasteiger partial charge in [-0.25, -0.2) is 4.57 Å². The van der Waals surface area contributed by atoms with Crippen LogP contribution in [0, 0.1) is 0 Å². The van der Waals surface area contributed by atoms with Gasteiger partial charge in [0.1, 0.15) is 6.61 Å². The molecule has 2 unspecified atom stereocenters. The number of phosphoric acid groups is 1. The normalized spacial score (nSPS) is 13.6. The number of unbranched alkanes of at least 4 members (excludes halogenated alkanes) is 38. The Balaban J connectivity index is 3.91. The molecule has 0 aromatic heterocycles. The van der Waals surface area contributed by atoms with Crippen LogP contribution in [0.15, 0.2) is 122 Å². The van der Waals surface area contributed by atoms with E-state index in [0.29, 0.717) is 6.42 Å². The topological polar surface area (TPSA) is 134 Å². The van der Waals surface area contributed by atoms with Crippen molar-refractivity contribution in [2.45, 2.75) is 354 Å². The van der Waals surface area contributed by atoms with Gasteiger partial charge < -0.3 is 20.1 Å². The number of carbonyl (C=O) groups is 2. The Morgan fingerprint density at radius 2 is 0.604 bits per heavy atom. The number of carbonyl (C=O) groups excluding carboxylic acids is 2.